The lowest BCUT2D eigenvalue weighted by atomic mass is 10.0. The summed E-state index contributed by atoms with van der Waals surface area (Å²) >= 11 is 0. The fraction of sp³-hybridized carbons (Fsp3) is 1.00. The van der Waals surface area contributed by atoms with Gasteiger partial charge in [0, 0.05) is 0 Å². The molecule has 0 unspecified atom stereocenters. The van der Waals surface area contributed by atoms with Gasteiger partial charge in [-0.1, -0.05) is 6.92 Å². The van der Waals surface area contributed by atoms with Gasteiger partial charge in [-0.2, -0.15) is 0 Å². The first kappa shape index (κ1) is 14.3. The Labute approximate surface area is 71.9 Å². The molecular weight excluding hydrogens is 164 g/mol. The average Bonchev–Trinajstić information content (AvgIpc) is 2.17. The van der Waals surface area contributed by atoms with Crippen molar-refractivity contribution in [1.82, 2.24) is 0 Å². The molecule has 0 amide bonds. The summed E-state index contributed by atoms with van der Waals surface area (Å²) in [5.41, 5.74) is -1.26. The van der Waals surface area contributed by atoms with Crippen LogP contribution in [0, 0.1) is 0 Å². The van der Waals surface area contributed by atoms with Crippen LogP contribution in [0.4, 0.5) is 0 Å². The molecule has 0 heterocycles. The lowest BCUT2D eigenvalue weighted by Gasteiger charge is -2.19. The minimum absolute atomic E-state index is 0.125. The minimum Gasteiger partial charge on any atom is -0.394 e. The maximum atomic E-state index is 8.94. The predicted octanol–water partition coefficient (Wildman–Crippen LogP) is -1.92. The molecular formula is C7H18O5. The first-order chi connectivity index (χ1) is 5.60. The zero-order valence-corrected chi connectivity index (χ0v) is 7.27. The fourth-order valence-corrected chi connectivity index (χ4v) is 0.274. The van der Waals surface area contributed by atoms with Crippen LogP contribution in [0.5, 0.6) is 0 Å². The molecule has 0 aromatic carbocycles. The molecule has 0 aliphatic heterocycles. The Morgan fingerprint density at radius 3 is 1.25 bits per heavy atom. The summed E-state index contributed by atoms with van der Waals surface area (Å²) in [6, 6.07) is 0. The number of hydrogen-bond acceptors (Lipinski definition) is 5. The average molecular weight is 182 g/mol. The van der Waals surface area contributed by atoms with Crippen molar-refractivity contribution in [3.63, 3.8) is 0 Å². The largest absolute Gasteiger partial charge is 0.394 e. The molecule has 0 rings (SSSR count). The van der Waals surface area contributed by atoms with Crippen LogP contribution in [-0.4, -0.2) is 57.6 Å². The lowest BCUT2D eigenvalue weighted by Crippen LogP contribution is -2.36. The summed E-state index contributed by atoms with van der Waals surface area (Å²) in [6.45, 7) is 0.701. The van der Waals surface area contributed by atoms with E-state index in [9.17, 15) is 0 Å². The fourth-order valence-electron chi connectivity index (χ4n) is 0.274. The highest BCUT2D eigenvalue weighted by Crippen LogP contribution is 2.05. The van der Waals surface area contributed by atoms with Crippen molar-refractivity contribution in [2.75, 3.05) is 26.4 Å². The number of aliphatic hydroxyl groups is 5. The normalized spacial score (nSPS) is 10.5. The van der Waals surface area contributed by atoms with Gasteiger partial charge in [0.1, 0.15) is 5.60 Å². The molecule has 0 aromatic heterocycles. The highest BCUT2D eigenvalue weighted by Gasteiger charge is 2.21. The molecule has 0 aliphatic rings. The van der Waals surface area contributed by atoms with Crippen molar-refractivity contribution < 1.29 is 25.5 Å². The van der Waals surface area contributed by atoms with Gasteiger partial charge in [0.05, 0.1) is 26.4 Å². The van der Waals surface area contributed by atoms with Crippen LogP contribution in [0.3, 0.4) is 0 Å². The van der Waals surface area contributed by atoms with Gasteiger partial charge in [0.15, 0.2) is 0 Å². The molecule has 0 radical (unpaired) electrons. The Morgan fingerprint density at radius 1 is 0.917 bits per heavy atom. The van der Waals surface area contributed by atoms with E-state index in [2.05, 4.69) is 0 Å². The van der Waals surface area contributed by atoms with E-state index in [0.717, 1.165) is 0 Å². The predicted molar refractivity (Wildman–Crippen MR) is 43.6 cm³/mol. The van der Waals surface area contributed by atoms with Crippen molar-refractivity contribution in [3.8, 4) is 0 Å². The van der Waals surface area contributed by atoms with Crippen molar-refractivity contribution in [2.24, 2.45) is 0 Å². The summed E-state index contributed by atoms with van der Waals surface area (Å²) in [4.78, 5) is 0. The second kappa shape index (κ2) is 8.89. The van der Waals surface area contributed by atoms with E-state index in [0.29, 0.717) is 6.42 Å². The molecule has 0 fully saturated rings. The Bertz CT molecular complexity index is 71.6. The Hall–Kier alpha value is -0.200. The van der Waals surface area contributed by atoms with Crippen LogP contribution in [0.2, 0.25) is 0 Å². The summed E-state index contributed by atoms with van der Waals surface area (Å²) in [7, 11) is 0. The summed E-state index contributed by atoms with van der Waals surface area (Å²) < 4.78 is 0. The third kappa shape index (κ3) is 7.90. The molecule has 5 nitrogen and oxygen atoms in total. The lowest BCUT2D eigenvalue weighted by molar-refractivity contribution is -0.0568. The van der Waals surface area contributed by atoms with Crippen LogP contribution in [-0.2, 0) is 0 Å². The molecule has 0 saturated carbocycles. The maximum absolute atomic E-state index is 8.94. The van der Waals surface area contributed by atoms with Crippen LogP contribution >= 0.6 is 0 Å². The van der Waals surface area contributed by atoms with Gasteiger partial charge in [0.2, 0.25) is 0 Å². The van der Waals surface area contributed by atoms with E-state index < -0.39 is 5.60 Å². The first-order valence-corrected chi connectivity index (χ1v) is 3.76. The van der Waals surface area contributed by atoms with E-state index in [1.165, 1.54) is 0 Å². The minimum atomic E-state index is -1.26. The zero-order valence-electron chi connectivity index (χ0n) is 7.27. The van der Waals surface area contributed by atoms with Gasteiger partial charge in [-0.05, 0) is 6.42 Å². The van der Waals surface area contributed by atoms with Gasteiger partial charge >= 0.3 is 0 Å². The van der Waals surface area contributed by atoms with Crippen LogP contribution in [0.25, 0.3) is 0 Å². The zero-order chi connectivity index (χ0) is 10.0. The Morgan fingerprint density at radius 2 is 1.25 bits per heavy atom. The quantitative estimate of drug-likeness (QED) is 0.349. The van der Waals surface area contributed by atoms with Gasteiger partial charge in [-0.3, -0.25) is 0 Å². The summed E-state index contributed by atoms with van der Waals surface area (Å²) in [5, 5.41) is 40.9. The second-order valence-electron chi connectivity index (χ2n) is 2.34. The van der Waals surface area contributed by atoms with E-state index in [4.69, 9.17) is 25.5 Å². The van der Waals surface area contributed by atoms with Crippen LogP contribution < -0.4 is 0 Å². The van der Waals surface area contributed by atoms with E-state index in [1.54, 1.807) is 6.92 Å². The van der Waals surface area contributed by atoms with Gasteiger partial charge in [-0.25, -0.2) is 0 Å². The van der Waals surface area contributed by atoms with Gasteiger partial charge < -0.3 is 25.5 Å². The van der Waals surface area contributed by atoms with Crippen molar-refractivity contribution >= 4 is 0 Å². The summed E-state index contributed by atoms with van der Waals surface area (Å²) in [6.07, 6.45) is 0.375. The standard InChI is InChI=1S/C5H12O3.C2H6O2/c1-2-5(8,3-6)4-7;3-1-2-4/h6-8H,2-4H2,1H3;3-4H,1-2H2. The molecule has 76 valence electrons. The number of aliphatic hydroxyl groups excluding tert-OH is 4. The van der Waals surface area contributed by atoms with Gasteiger partial charge in [-0.15, -0.1) is 0 Å². The SMILES string of the molecule is CCC(O)(CO)CO.OCCO. The summed E-state index contributed by atoms with van der Waals surface area (Å²) in [5.74, 6) is 0. The smallest absolute Gasteiger partial charge is 0.110 e. The molecule has 0 aliphatic carbocycles. The van der Waals surface area contributed by atoms with Gasteiger partial charge in [0.25, 0.3) is 0 Å². The Balaban J connectivity index is 0. The van der Waals surface area contributed by atoms with Crippen molar-refractivity contribution in [1.29, 1.82) is 0 Å². The van der Waals surface area contributed by atoms with E-state index in [-0.39, 0.29) is 26.4 Å². The number of rotatable bonds is 4. The molecule has 0 spiro atoms. The number of hydrogen-bond donors (Lipinski definition) is 5. The molecule has 5 N–H and O–H groups in total. The molecule has 0 saturated heterocycles. The molecule has 0 atom stereocenters. The van der Waals surface area contributed by atoms with Crippen LogP contribution in [0.15, 0.2) is 0 Å². The first-order valence-electron chi connectivity index (χ1n) is 3.76. The molecule has 12 heavy (non-hydrogen) atoms. The molecule has 5 heteroatoms. The van der Waals surface area contributed by atoms with E-state index >= 15 is 0 Å². The molecule has 0 bridgehead atoms. The molecule has 0 aromatic rings. The topological polar surface area (TPSA) is 101 Å². The highest BCUT2D eigenvalue weighted by atomic mass is 16.4. The highest BCUT2D eigenvalue weighted by molar-refractivity contribution is 4.72. The van der Waals surface area contributed by atoms with Crippen molar-refractivity contribution in [2.45, 2.75) is 18.9 Å². The third-order valence-corrected chi connectivity index (χ3v) is 1.35. The second-order valence-corrected chi connectivity index (χ2v) is 2.34. The van der Waals surface area contributed by atoms with Crippen molar-refractivity contribution in [3.05, 3.63) is 0 Å². The maximum Gasteiger partial charge on any atom is 0.110 e. The monoisotopic (exact) mass is 182 g/mol. The van der Waals surface area contributed by atoms with Crippen LogP contribution in [0.1, 0.15) is 13.3 Å². The third-order valence-electron chi connectivity index (χ3n) is 1.35. The van der Waals surface area contributed by atoms with E-state index in [1.807, 2.05) is 0 Å². The Kier molecular flexibility index (Phi) is 10.6.